The molecule has 1 aliphatic heterocycles. The predicted octanol–water partition coefficient (Wildman–Crippen LogP) is 2.41. The van der Waals surface area contributed by atoms with Crippen molar-refractivity contribution >= 4 is 18.3 Å². The SMILES string of the molecule is Cc1cc(C)c(CNC(=O)C2(CN)CCOCC2)c(C)c1.Cl. The van der Waals surface area contributed by atoms with Crippen LogP contribution in [0.4, 0.5) is 0 Å². The molecule has 1 heterocycles. The van der Waals surface area contributed by atoms with E-state index in [2.05, 4.69) is 38.2 Å². The first-order chi connectivity index (χ1) is 9.98. The Morgan fingerprint density at radius 2 is 1.77 bits per heavy atom. The second-order valence-electron chi connectivity index (χ2n) is 6.16. The van der Waals surface area contributed by atoms with E-state index in [4.69, 9.17) is 10.5 Å². The summed E-state index contributed by atoms with van der Waals surface area (Å²) in [6, 6.07) is 4.31. The van der Waals surface area contributed by atoms with E-state index in [0.717, 1.165) is 0 Å². The summed E-state index contributed by atoms with van der Waals surface area (Å²) in [7, 11) is 0. The maximum absolute atomic E-state index is 12.6. The first-order valence-electron chi connectivity index (χ1n) is 7.61. The van der Waals surface area contributed by atoms with Crippen LogP contribution in [-0.4, -0.2) is 25.7 Å². The molecule has 3 N–H and O–H groups in total. The number of rotatable bonds is 4. The number of nitrogens with one attached hydrogen (secondary N) is 1. The van der Waals surface area contributed by atoms with Gasteiger partial charge in [0, 0.05) is 26.3 Å². The zero-order valence-corrected chi connectivity index (χ0v) is 14.5. The molecule has 1 aromatic rings. The topological polar surface area (TPSA) is 64.4 Å². The van der Waals surface area contributed by atoms with Gasteiger partial charge >= 0.3 is 0 Å². The molecule has 0 spiro atoms. The molecule has 1 saturated heterocycles. The zero-order chi connectivity index (χ0) is 15.5. The third-order valence-electron chi connectivity index (χ3n) is 4.59. The first-order valence-corrected chi connectivity index (χ1v) is 7.61. The van der Waals surface area contributed by atoms with Gasteiger partial charge in [-0.05, 0) is 50.3 Å². The van der Waals surface area contributed by atoms with E-state index in [9.17, 15) is 4.79 Å². The summed E-state index contributed by atoms with van der Waals surface area (Å²) in [6.45, 7) is 8.46. The molecule has 1 aliphatic rings. The highest BCUT2D eigenvalue weighted by atomic mass is 35.5. The minimum atomic E-state index is -0.454. The largest absolute Gasteiger partial charge is 0.381 e. The highest BCUT2D eigenvalue weighted by Crippen LogP contribution is 2.29. The normalized spacial score (nSPS) is 16.7. The van der Waals surface area contributed by atoms with E-state index >= 15 is 0 Å². The lowest BCUT2D eigenvalue weighted by molar-refractivity contribution is -0.136. The van der Waals surface area contributed by atoms with Crippen molar-refractivity contribution < 1.29 is 9.53 Å². The number of carbonyl (C=O) groups excluding carboxylic acids is 1. The van der Waals surface area contributed by atoms with Crippen LogP contribution in [0.1, 0.15) is 35.1 Å². The fourth-order valence-corrected chi connectivity index (χ4v) is 3.13. The molecule has 0 aromatic heterocycles. The average Bonchev–Trinajstić information content (AvgIpc) is 2.46. The van der Waals surface area contributed by atoms with Gasteiger partial charge in [-0.3, -0.25) is 4.79 Å². The number of ether oxygens (including phenoxy) is 1. The Morgan fingerprint density at radius 3 is 2.27 bits per heavy atom. The van der Waals surface area contributed by atoms with E-state index < -0.39 is 5.41 Å². The Bertz CT molecular complexity index is 502. The standard InChI is InChI=1S/C17H26N2O2.ClH/c1-12-8-13(2)15(14(3)9-12)10-19-16(20)17(11-18)4-6-21-7-5-17;/h8-9H,4-7,10-11,18H2,1-3H3,(H,19,20);1H. The average molecular weight is 327 g/mol. The smallest absolute Gasteiger partial charge is 0.227 e. The van der Waals surface area contributed by atoms with Crippen molar-refractivity contribution in [2.24, 2.45) is 11.1 Å². The van der Waals surface area contributed by atoms with Crippen LogP contribution in [-0.2, 0) is 16.1 Å². The molecular weight excluding hydrogens is 300 g/mol. The minimum absolute atomic E-state index is 0. The molecule has 1 fully saturated rings. The van der Waals surface area contributed by atoms with Gasteiger partial charge in [0.05, 0.1) is 5.41 Å². The summed E-state index contributed by atoms with van der Waals surface area (Å²) in [4.78, 5) is 12.6. The first kappa shape index (κ1) is 18.9. The third-order valence-corrected chi connectivity index (χ3v) is 4.59. The summed E-state index contributed by atoms with van der Waals surface area (Å²) < 4.78 is 5.36. The van der Waals surface area contributed by atoms with Gasteiger partial charge in [0.1, 0.15) is 0 Å². The van der Waals surface area contributed by atoms with Gasteiger partial charge in [-0.15, -0.1) is 12.4 Å². The van der Waals surface area contributed by atoms with Crippen LogP contribution in [0.5, 0.6) is 0 Å². The molecule has 0 saturated carbocycles. The number of nitrogens with two attached hydrogens (primary N) is 1. The van der Waals surface area contributed by atoms with Crippen LogP contribution < -0.4 is 11.1 Å². The van der Waals surface area contributed by atoms with E-state index in [1.807, 2.05) is 0 Å². The van der Waals surface area contributed by atoms with Crippen molar-refractivity contribution in [3.05, 3.63) is 34.4 Å². The molecule has 4 nitrogen and oxygen atoms in total. The fraction of sp³-hybridized carbons (Fsp3) is 0.588. The minimum Gasteiger partial charge on any atom is -0.381 e. The van der Waals surface area contributed by atoms with E-state index in [0.29, 0.717) is 39.1 Å². The van der Waals surface area contributed by atoms with Gasteiger partial charge in [0.15, 0.2) is 0 Å². The number of benzene rings is 1. The summed E-state index contributed by atoms with van der Waals surface area (Å²) in [6.07, 6.45) is 1.42. The van der Waals surface area contributed by atoms with Gasteiger partial charge in [0.25, 0.3) is 0 Å². The van der Waals surface area contributed by atoms with Crippen LogP contribution >= 0.6 is 12.4 Å². The number of hydrogen-bond acceptors (Lipinski definition) is 3. The van der Waals surface area contributed by atoms with Crippen molar-refractivity contribution in [1.29, 1.82) is 0 Å². The van der Waals surface area contributed by atoms with E-state index in [-0.39, 0.29) is 18.3 Å². The summed E-state index contributed by atoms with van der Waals surface area (Å²) in [5.74, 6) is 0.0627. The number of amides is 1. The monoisotopic (exact) mass is 326 g/mol. The Morgan fingerprint density at radius 1 is 1.23 bits per heavy atom. The van der Waals surface area contributed by atoms with E-state index in [1.54, 1.807) is 0 Å². The Kier molecular flexibility index (Phi) is 6.85. The predicted molar refractivity (Wildman–Crippen MR) is 91.3 cm³/mol. The molecule has 1 aromatic carbocycles. The molecule has 1 amide bonds. The molecule has 22 heavy (non-hydrogen) atoms. The lowest BCUT2D eigenvalue weighted by Crippen LogP contribution is -2.49. The maximum atomic E-state index is 12.6. The van der Waals surface area contributed by atoms with Gasteiger partial charge in [-0.2, -0.15) is 0 Å². The maximum Gasteiger partial charge on any atom is 0.227 e. The highest BCUT2D eigenvalue weighted by molar-refractivity contribution is 5.85. The molecule has 0 atom stereocenters. The lowest BCUT2D eigenvalue weighted by Gasteiger charge is -2.34. The van der Waals surface area contributed by atoms with Crippen LogP contribution in [0.3, 0.4) is 0 Å². The molecule has 5 heteroatoms. The van der Waals surface area contributed by atoms with Crippen LogP contribution in [0, 0.1) is 26.2 Å². The van der Waals surface area contributed by atoms with Crippen LogP contribution in [0.2, 0.25) is 0 Å². The molecule has 2 rings (SSSR count). The molecule has 124 valence electrons. The Balaban J connectivity index is 0.00000242. The summed E-state index contributed by atoms with van der Waals surface area (Å²) in [5.41, 5.74) is 10.3. The second kappa shape index (κ2) is 7.95. The number of carbonyl (C=O) groups is 1. The van der Waals surface area contributed by atoms with Crippen LogP contribution in [0.15, 0.2) is 12.1 Å². The lowest BCUT2D eigenvalue weighted by atomic mass is 9.79. The zero-order valence-electron chi connectivity index (χ0n) is 13.7. The van der Waals surface area contributed by atoms with Gasteiger partial charge < -0.3 is 15.8 Å². The molecule has 0 bridgehead atoms. The third kappa shape index (κ3) is 4.00. The summed E-state index contributed by atoms with van der Waals surface area (Å²) in [5, 5.41) is 3.09. The molecule has 0 unspecified atom stereocenters. The summed E-state index contributed by atoms with van der Waals surface area (Å²) >= 11 is 0. The number of halogens is 1. The molecule has 0 radical (unpaired) electrons. The number of hydrogen-bond donors (Lipinski definition) is 2. The fourth-order valence-electron chi connectivity index (χ4n) is 3.13. The van der Waals surface area contributed by atoms with Crippen molar-refractivity contribution in [1.82, 2.24) is 5.32 Å². The van der Waals surface area contributed by atoms with Crippen molar-refractivity contribution in [3.63, 3.8) is 0 Å². The Labute approximate surface area is 139 Å². The van der Waals surface area contributed by atoms with Gasteiger partial charge in [-0.1, -0.05) is 17.7 Å². The molecule has 0 aliphatic carbocycles. The van der Waals surface area contributed by atoms with Gasteiger partial charge in [0.2, 0.25) is 5.91 Å². The quantitative estimate of drug-likeness (QED) is 0.893. The van der Waals surface area contributed by atoms with Crippen molar-refractivity contribution in [2.75, 3.05) is 19.8 Å². The highest BCUT2D eigenvalue weighted by Gasteiger charge is 2.38. The second-order valence-corrected chi connectivity index (χ2v) is 6.16. The number of aryl methyl sites for hydroxylation is 3. The van der Waals surface area contributed by atoms with Crippen LogP contribution in [0.25, 0.3) is 0 Å². The van der Waals surface area contributed by atoms with Gasteiger partial charge in [-0.25, -0.2) is 0 Å². The van der Waals surface area contributed by atoms with Crippen molar-refractivity contribution in [2.45, 2.75) is 40.2 Å². The van der Waals surface area contributed by atoms with Crippen molar-refractivity contribution in [3.8, 4) is 0 Å². The van der Waals surface area contributed by atoms with E-state index in [1.165, 1.54) is 22.3 Å². The molecular formula is C17H27ClN2O2. The Hall–Kier alpha value is -1.10.